The third kappa shape index (κ3) is 6.33. The highest BCUT2D eigenvalue weighted by molar-refractivity contribution is 7.90. The van der Waals surface area contributed by atoms with Gasteiger partial charge in [-0.05, 0) is 99.4 Å². The minimum absolute atomic E-state index is 0.0299. The van der Waals surface area contributed by atoms with Gasteiger partial charge < -0.3 is 24.0 Å². The monoisotopic (exact) mass is 671 g/mol. The lowest BCUT2D eigenvalue weighted by atomic mass is 9.68. The Labute approximate surface area is 276 Å². The molecule has 0 saturated heterocycles. The zero-order valence-electron chi connectivity index (χ0n) is 26.8. The lowest BCUT2D eigenvalue weighted by Crippen LogP contribution is -2.50. The number of amides is 2. The van der Waals surface area contributed by atoms with Crippen molar-refractivity contribution >= 4 is 39.3 Å². The van der Waals surface area contributed by atoms with Gasteiger partial charge in [0.25, 0.3) is 15.9 Å². The maximum atomic E-state index is 13.6. The molecule has 2 heterocycles. The molecule has 0 aromatic heterocycles. The molecule has 12 heteroatoms. The molecule has 2 bridgehead atoms. The highest BCUT2D eigenvalue weighted by atomic mass is 35.5. The Morgan fingerprint density at radius 1 is 1.15 bits per heavy atom. The number of nitrogens with zero attached hydrogens (tertiary/aromatic N) is 2. The number of halogens is 1. The first-order valence-corrected chi connectivity index (χ1v) is 17.7. The zero-order chi connectivity index (χ0) is 32.9. The molecule has 2 aromatic rings. The van der Waals surface area contributed by atoms with Crippen molar-refractivity contribution in [3.63, 3.8) is 0 Å². The Kier molecular flexibility index (Phi) is 8.80. The van der Waals surface area contributed by atoms with Gasteiger partial charge in [-0.1, -0.05) is 23.7 Å². The minimum Gasteiger partial charge on any atom is -0.490 e. The van der Waals surface area contributed by atoms with Crippen LogP contribution in [0.5, 0.6) is 5.75 Å². The fraction of sp³-hybridized carbons (Fsp3) is 0.529. The number of carbonyl (C=O) groups is 2. The lowest BCUT2D eigenvalue weighted by Gasteiger charge is -2.46. The second kappa shape index (κ2) is 12.4. The van der Waals surface area contributed by atoms with Gasteiger partial charge in [0.05, 0.1) is 23.8 Å². The van der Waals surface area contributed by atoms with E-state index in [0.717, 1.165) is 32.1 Å². The largest absolute Gasteiger partial charge is 0.490 e. The Balaban J connectivity index is 1.44. The summed E-state index contributed by atoms with van der Waals surface area (Å²) in [5, 5.41) is 0.702. The van der Waals surface area contributed by atoms with E-state index in [-0.39, 0.29) is 28.8 Å². The Bertz CT molecular complexity index is 1660. The van der Waals surface area contributed by atoms with E-state index < -0.39 is 33.7 Å². The summed E-state index contributed by atoms with van der Waals surface area (Å²) < 4.78 is 47.6. The highest BCUT2D eigenvalue weighted by Gasteiger charge is 2.45. The van der Waals surface area contributed by atoms with E-state index >= 15 is 0 Å². The van der Waals surface area contributed by atoms with Gasteiger partial charge in [0.1, 0.15) is 17.5 Å². The van der Waals surface area contributed by atoms with Crippen LogP contribution in [0, 0.1) is 11.8 Å². The Morgan fingerprint density at radius 3 is 2.70 bits per heavy atom. The standard InChI is InChI=1S/C34H42ClN3O7S/c1-33(2)31(39)36-46(41,42)25-11-14-30-28(18-25)38(20-34(21-43-30)15-5-7-22-17-24(35)10-13-27(22)34)19-23-9-12-26(23)29(8-6-16-44-33)45-32(40)37(3)4/h6,8,10-11,13-14,17-18,23,26,29H,5,7,9,12,15-16,19-21H2,1-4H3,(H,36,39)/t23-,26+,29-,34-/m0/s1. The molecule has 2 aromatic carbocycles. The van der Waals surface area contributed by atoms with E-state index in [0.29, 0.717) is 36.2 Å². The quantitative estimate of drug-likeness (QED) is 0.418. The van der Waals surface area contributed by atoms with Crippen LogP contribution in [0.25, 0.3) is 0 Å². The van der Waals surface area contributed by atoms with E-state index in [9.17, 15) is 18.0 Å². The average molecular weight is 672 g/mol. The van der Waals surface area contributed by atoms with Gasteiger partial charge in [0.15, 0.2) is 0 Å². The van der Waals surface area contributed by atoms with Crippen LogP contribution in [0.3, 0.4) is 0 Å². The van der Waals surface area contributed by atoms with Gasteiger partial charge in [-0.3, -0.25) is 4.79 Å². The Morgan fingerprint density at radius 2 is 1.96 bits per heavy atom. The van der Waals surface area contributed by atoms with Crippen LogP contribution in [0.2, 0.25) is 5.02 Å². The van der Waals surface area contributed by atoms with E-state index in [1.54, 1.807) is 32.3 Å². The van der Waals surface area contributed by atoms with Crippen molar-refractivity contribution in [3.05, 3.63) is 64.7 Å². The van der Waals surface area contributed by atoms with Crippen LogP contribution < -0.4 is 14.4 Å². The predicted octanol–water partition coefficient (Wildman–Crippen LogP) is 5.08. The van der Waals surface area contributed by atoms with Crippen LogP contribution in [0.4, 0.5) is 10.5 Å². The number of benzene rings is 2. The number of hydrogen-bond acceptors (Lipinski definition) is 8. The van der Waals surface area contributed by atoms with Gasteiger partial charge in [0.2, 0.25) is 0 Å². The van der Waals surface area contributed by atoms with E-state index in [4.69, 9.17) is 25.8 Å². The minimum atomic E-state index is -4.23. The molecule has 1 saturated carbocycles. The number of fused-ring (bicyclic) bond motifs is 4. The van der Waals surface area contributed by atoms with Crippen molar-refractivity contribution < 1.29 is 32.2 Å². The molecule has 0 radical (unpaired) electrons. The predicted molar refractivity (Wildman–Crippen MR) is 175 cm³/mol. The summed E-state index contributed by atoms with van der Waals surface area (Å²) in [6.07, 6.45) is 7.24. The highest BCUT2D eigenvalue weighted by Crippen LogP contribution is 2.47. The summed E-state index contributed by atoms with van der Waals surface area (Å²) in [7, 11) is -0.925. The molecule has 2 amide bonds. The first kappa shape index (κ1) is 32.7. The molecule has 1 spiro atoms. The fourth-order valence-corrected chi connectivity index (χ4v) is 8.42. The van der Waals surface area contributed by atoms with Crippen molar-refractivity contribution in [1.82, 2.24) is 9.62 Å². The average Bonchev–Trinajstić information content (AvgIpc) is 3.13. The fourth-order valence-electron chi connectivity index (χ4n) is 7.10. The molecule has 10 nitrogen and oxygen atoms in total. The van der Waals surface area contributed by atoms with Gasteiger partial charge >= 0.3 is 6.09 Å². The molecule has 1 fully saturated rings. The van der Waals surface area contributed by atoms with Crippen LogP contribution in [-0.4, -0.2) is 77.4 Å². The summed E-state index contributed by atoms with van der Waals surface area (Å²) in [5.41, 5.74) is 1.27. The molecular weight excluding hydrogens is 630 g/mol. The maximum Gasteiger partial charge on any atom is 0.409 e. The first-order chi connectivity index (χ1) is 21.8. The Hall–Kier alpha value is -3.28. The molecular formula is C34H42ClN3O7S. The zero-order valence-corrected chi connectivity index (χ0v) is 28.3. The maximum absolute atomic E-state index is 13.6. The van der Waals surface area contributed by atoms with Crippen LogP contribution in [0.1, 0.15) is 50.7 Å². The van der Waals surface area contributed by atoms with E-state index in [1.807, 2.05) is 18.2 Å². The summed E-state index contributed by atoms with van der Waals surface area (Å²) in [5.74, 6) is -0.00935. The van der Waals surface area contributed by atoms with Gasteiger partial charge in [-0.25, -0.2) is 17.9 Å². The summed E-state index contributed by atoms with van der Waals surface area (Å²) >= 11 is 6.41. The summed E-state index contributed by atoms with van der Waals surface area (Å²) in [4.78, 5) is 29.5. The van der Waals surface area contributed by atoms with Crippen molar-refractivity contribution in [2.45, 2.75) is 68.0 Å². The number of ether oxygens (including phenoxy) is 3. The molecule has 248 valence electrons. The first-order valence-electron chi connectivity index (χ1n) is 15.8. The van der Waals surface area contributed by atoms with Crippen molar-refractivity contribution in [2.24, 2.45) is 11.8 Å². The van der Waals surface area contributed by atoms with Gasteiger partial charge in [-0.15, -0.1) is 0 Å². The second-order valence-corrected chi connectivity index (χ2v) is 15.8. The summed E-state index contributed by atoms with van der Waals surface area (Å²) in [6.45, 7) is 4.70. The molecule has 2 aliphatic heterocycles. The topological polar surface area (TPSA) is 114 Å². The van der Waals surface area contributed by atoms with Crippen LogP contribution in [0.15, 0.2) is 53.4 Å². The normalized spacial score (nSPS) is 28.4. The third-order valence-corrected chi connectivity index (χ3v) is 11.5. The second-order valence-electron chi connectivity index (χ2n) is 13.7. The third-order valence-electron chi connectivity index (χ3n) is 9.91. The van der Waals surface area contributed by atoms with E-state index in [1.165, 1.54) is 35.9 Å². The van der Waals surface area contributed by atoms with Crippen molar-refractivity contribution in [1.29, 1.82) is 0 Å². The molecule has 4 aliphatic rings. The van der Waals surface area contributed by atoms with Gasteiger partial charge in [0, 0.05) is 43.5 Å². The van der Waals surface area contributed by atoms with Crippen LogP contribution >= 0.6 is 11.6 Å². The van der Waals surface area contributed by atoms with Crippen molar-refractivity contribution in [3.8, 4) is 5.75 Å². The number of anilines is 1. The molecule has 46 heavy (non-hydrogen) atoms. The number of rotatable bonds is 1. The van der Waals surface area contributed by atoms with Crippen LogP contribution in [-0.2, 0) is 36.1 Å². The lowest BCUT2D eigenvalue weighted by molar-refractivity contribution is -0.139. The number of sulfonamides is 1. The molecule has 2 aliphatic carbocycles. The van der Waals surface area contributed by atoms with Crippen molar-refractivity contribution in [2.75, 3.05) is 45.3 Å². The molecule has 6 rings (SSSR count). The molecule has 4 atom stereocenters. The number of aryl methyl sites for hydroxylation is 1. The summed E-state index contributed by atoms with van der Waals surface area (Å²) in [6, 6.07) is 10.8. The molecule has 0 unspecified atom stereocenters. The number of hydrogen-bond donors (Lipinski definition) is 1. The SMILES string of the molecule is CN(C)C(=O)O[C@H]1C=CCOC(C)(C)C(=O)NS(=O)(=O)c2ccc3c(c2)N(C[C@@H]2CC[C@H]21)C[C@@]1(CCCc2cc(Cl)ccc21)CO3. The van der Waals surface area contributed by atoms with E-state index in [2.05, 4.69) is 15.7 Å². The number of nitrogens with one attached hydrogen (secondary N) is 1. The number of carbonyl (C=O) groups excluding carboxylic acids is 2. The smallest absolute Gasteiger partial charge is 0.409 e. The van der Waals surface area contributed by atoms with Gasteiger partial charge in [-0.2, -0.15) is 0 Å². The molecule has 1 N–H and O–H groups in total.